The first-order valence-corrected chi connectivity index (χ1v) is 6.30. The molecule has 19 heavy (non-hydrogen) atoms. The van der Waals surface area contributed by atoms with E-state index >= 15 is 0 Å². The molecule has 3 N–H and O–H groups in total. The summed E-state index contributed by atoms with van der Waals surface area (Å²) in [6.07, 6.45) is 1.67. The third-order valence-corrected chi connectivity index (χ3v) is 3.26. The molecule has 0 radical (unpaired) electrons. The van der Waals surface area contributed by atoms with Gasteiger partial charge >= 0.3 is 0 Å². The first-order chi connectivity index (χ1) is 9.10. The molecule has 0 aromatic heterocycles. The maximum atomic E-state index is 9.58. The fourth-order valence-corrected chi connectivity index (χ4v) is 1.98. The molecule has 0 bridgehead atoms. The number of hydrazone groups is 1. The zero-order valence-electron chi connectivity index (χ0n) is 11.3. The van der Waals surface area contributed by atoms with Gasteiger partial charge in [-0.2, -0.15) is 5.10 Å². The van der Waals surface area contributed by atoms with Gasteiger partial charge in [-0.25, -0.2) is 0 Å². The lowest BCUT2D eigenvalue weighted by Crippen LogP contribution is -3.11. The molecule has 6 heteroatoms. The molecule has 1 fully saturated rings. The van der Waals surface area contributed by atoms with Gasteiger partial charge in [-0.15, -0.1) is 0 Å². The van der Waals surface area contributed by atoms with Crippen LogP contribution < -0.4 is 9.64 Å². The van der Waals surface area contributed by atoms with E-state index in [4.69, 9.17) is 4.74 Å². The number of aromatic hydroxyl groups is 2. The summed E-state index contributed by atoms with van der Waals surface area (Å²) in [6, 6.07) is 3.10. The predicted molar refractivity (Wildman–Crippen MR) is 72.1 cm³/mol. The minimum absolute atomic E-state index is 0.205. The molecule has 0 aliphatic carbocycles. The van der Waals surface area contributed by atoms with Crippen LogP contribution in [0.1, 0.15) is 5.56 Å². The summed E-state index contributed by atoms with van der Waals surface area (Å²) >= 11 is 0. The molecule has 0 spiro atoms. The lowest BCUT2D eigenvalue weighted by atomic mass is 10.2. The second-order valence-corrected chi connectivity index (χ2v) is 4.75. The smallest absolute Gasteiger partial charge is 0.200 e. The zero-order valence-corrected chi connectivity index (χ0v) is 11.3. The highest BCUT2D eigenvalue weighted by atomic mass is 16.5. The molecule has 2 rings (SSSR count). The lowest BCUT2D eigenvalue weighted by molar-refractivity contribution is -0.884. The SMILES string of the molecule is COc1cc(/C=N/N2CC[NH+](C)CC2)cc(O)c1O. The number of phenolic OH excluding ortho intramolecular Hbond substituents is 2. The Kier molecular flexibility index (Phi) is 4.11. The van der Waals surface area contributed by atoms with Gasteiger partial charge in [0.05, 0.1) is 46.6 Å². The number of phenols is 2. The topological polar surface area (TPSA) is 69.7 Å². The van der Waals surface area contributed by atoms with Crippen molar-refractivity contribution in [1.82, 2.24) is 5.01 Å². The number of rotatable bonds is 3. The number of piperazine rings is 1. The average molecular weight is 266 g/mol. The number of hydrogen-bond donors (Lipinski definition) is 3. The first kappa shape index (κ1) is 13.5. The monoisotopic (exact) mass is 266 g/mol. The lowest BCUT2D eigenvalue weighted by Gasteiger charge is -2.27. The minimum Gasteiger partial charge on any atom is -0.504 e. The highest BCUT2D eigenvalue weighted by Crippen LogP contribution is 2.35. The van der Waals surface area contributed by atoms with Gasteiger partial charge in [0.1, 0.15) is 0 Å². The predicted octanol–water partition coefficient (Wildman–Crippen LogP) is -0.729. The van der Waals surface area contributed by atoms with Crippen molar-refractivity contribution in [2.24, 2.45) is 5.10 Å². The van der Waals surface area contributed by atoms with Crippen LogP contribution in [0.25, 0.3) is 0 Å². The summed E-state index contributed by atoms with van der Waals surface area (Å²) in [5, 5.41) is 25.5. The van der Waals surface area contributed by atoms with E-state index in [1.807, 2.05) is 5.01 Å². The summed E-state index contributed by atoms with van der Waals surface area (Å²) in [6.45, 7) is 3.98. The van der Waals surface area contributed by atoms with Crippen LogP contribution in [-0.2, 0) is 0 Å². The van der Waals surface area contributed by atoms with Crippen molar-refractivity contribution in [3.05, 3.63) is 17.7 Å². The van der Waals surface area contributed by atoms with Crippen LogP contribution in [0.5, 0.6) is 17.2 Å². The zero-order chi connectivity index (χ0) is 13.8. The summed E-state index contributed by atoms with van der Waals surface area (Å²) in [4.78, 5) is 1.51. The van der Waals surface area contributed by atoms with Crippen molar-refractivity contribution >= 4 is 6.21 Å². The Labute approximate surface area is 112 Å². The molecule has 1 aliphatic rings. The molecule has 1 aromatic rings. The largest absolute Gasteiger partial charge is 0.504 e. The molecule has 1 aliphatic heterocycles. The average Bonchev–Trinajstić information content (AvgIpc) is 2.41. The van der Waals surface area contributed by atoms with Gasteiger partial charge in [0.2, 0.25) is 5.75 Å². The number of nitrogens with zero attached hydrogens (tertiary/aromatic N) is 2. The van der Waals surface area contributed by atoms with Crippen molar-refractivity contribution in [3.63, 3.8) is 0 Å². The number of nitrogens with one attached hydrogen (secondary N) is 1. The van der Waals surface area contributed by atoms with Crippen molar-refractivity contribution in [1.29, 1.82) is 0 Å². The molecule has 0 saturated carbocycles. The van der Waals surface area contributed by atoms with Crippen LogP contribution in [0.2, 0.25) is 0 Å². The van der Waals surface area contributed by atoms with E-state index in [1.165, 1.54) is 18.1 Å². The Bertz CT molecular complexity index is 468. The number of likely N-dealkylation sites (N-methyl/N-ethyl adjacent to an activating group) is 1. The van der Waals surface area contributed by atoms with E-state index in [0.717, 1.165) is 26.2 Å². The maximum Gasteiger partial charge on any atom is 0.200 e. The molecule has 0 unspecified atom stereocenters. The van der Waals surface area contributed by atoms with Crippen molar-refractivity contribution in [2.75, 3.05) is 40.3 Å². The minimum atomic E-state index is -0.247. The van der Waals surface area contributed by atoms with Crippen LogP contribution in [-0.4, -0.2) is 61.8 Å². The van der Waals surface area contributed by atoms with Crippen molar-refractivity contribution in [3.8, 4) is 17.2 Å². The number of ether oxygens (including phenoxy) is 1. The number of hydrogen-bond acceptors (Lipinski definition) is 5. The van der Waals surface area contributed by atoms with Gasteiger partial charge in [0, 0.05) is 5.56 Å². The summed E-state index contributed by atoms with van der Waals surface area (Å²) < 4.78 is 4.98. The van der Waals surface area contributed by atoms with Crippen LogP contribution in [0, 0.1) is 0 Å². The van der Waals surface area contributed by atoms with Gasteiger partial charge in [0.25, 0.3) is 0 Å². The van der Waals surface area contributed by atoms with Gasteiger partial charge < -0.3 is 19.8 Å². The molecule has 1 aromatic carbocycles. The third kappa shape index (κ3) is 3.29. The van der Waals surface area contributed by atoms with E-state index in [-0.39, 0.29) is 17.2 Å². The van der Waals surface area contributed by atoms with Gasteiger partial charge in [-0.05, 0) is 12.1 Å². The van der Waals surface area contributed by atoms with Gasteiger partial charge in [-0.1, -0.05) is 0 Å². The molecule has 0 atom stereocenters. The second-order valence-electron chi connectivity index (χ2n) is 4.75. The Morgan fingerprint density at radius 2 is 2.00 bits per heavy atom. The van der Waals surface area contributed by atoms with Crippen LogP contribution in [0.4, 0.5) is 0 Å². The quantitative estimate of drug-likeness (QED) is 0.498. The Balaban J connectivity index is 2.08. The second kappa shape index (κ2) is 5.79. The first-order valence-electron chi connectivity index (χ1n) is 6.30. The fourth-order valence-electron chi connectivity index (χ4n) is 1.98. The summed E-state index contributed by atoms with van der Waals surface area (Å²) in [5.41, 5.74) is 0.693. The Morgan fingerprint density at radius 3 is 2.63 bits per heavy atom. The summed E-state index contributed by atoms with van der Waals surface area (Å²) in [5.74, 6) is -0.212. The van der Waals surface area contributed by atoms with Crippen molar-refractivity contribution in [2.45, 2.75) is 0 Å². The van der Waals surface area contributed by atoms with E-state index in [9.17, 15) is 10.2 Å². The molecule has 1 heterocycles. The number of methoxy groups -OCH3 is 1. The van der Waals surface area contributed by atoms with Crippen LogP contribution in [0.3, 0.4) is 0 Å². The Hall–Kier alpha value is -1.95. The number of quaternary nitrogens is 1. The number of benzene rings is 1. The molecule has 6 nitrogen and oxygen atoms in total. The van der Waals surface area contributed by atoms with Gasteiger partial charge in [0.15, 0.2) is 11.5 Å². The van der Waals surface area contributed by atoms with Crippen LogP contribution in [0.15, 0.2) is 17.2 Å². The highest BCUT2D eigenvalue weighted by molar-refractivity contribution is 5.82. The summed E-state index contributed by atoms with van der Waals surface area (Å²) in [7, 11) is 3.61. The van der Waals surface area contributed by atoms with E-state index < -0.39 is 0 Å². The van der Waals surface area contributed by atoms with Crippen molar-refractivity contribution < 1.29 is 19.8 Å². The van der Waals surface area contributed by atoms with E-state index in [1.54, 1.807) is 12.3 Å². The van der Waals surface area contributed by atoms with E-state index in [0.29, 0.717) is 5.56 Å². The molecular weight excluding hydrogens is 246 g/mol. The molecular formula is C13H20N3O3+. The normalized spacial score (nSPS) is 17.1. The highest BCUT2D eigenvalue weighted by Gasteiger charge is 2.14. The third-order valence-electron chi connectivity index (χ3n) is 3.26. The Morgan fingerprint density at radius 1 is 1.32 bits per heavy atom. The molecule has 0 amide bonds. The van der Waals surface area contributed by atoms with Crippen LogP contribution >= 0.6 is 0 Å². The van der Waals surface area contributed by atoms with E-state index in [2.05, 4.69) is 12.1 Å². The molecule has 1 saturated heterocycles. The standard InChI is InChI=1S/C13H19N3O3/c1-15-3-5-16(6-4-15)14-9-10-7-11(17)13(18)12(8-10)19-2/h7-9,17-18H,3-6H2,1-2H3/p+1/b14-9+. The maximum absolute atomic E-state index is 9.58. The fraction of sp³-hybridized carbons (Fsp3) is 0.462. The molecule has 104 valence electrons. The van der Waals surface area contributed by atoms with Gasteiger partial charge in [-0.3, -0.25) is 5.01 Å².